The molecule has 0 bridgehead atoms. The number of Topliss-reactive ketones (excluding diaryl/α,β-unsaturated/α-hetero) is 1. The van der Waals surface area contributed by atoms with Gasteiger partial charge in [0.2, 0.25) is 0 Å². The molecule has 1 heterocycles. The molecule has 43 heavy (non-hydrogen) atoms. The van der Waals surface area contributed by atoms with E-state index < -0.39 is 35.4 Å². The number of alkyl halides is 3. The van der Waals surface area contributed by atoms with Gasteiger partial charge in [0.25, 0.3) is 0 Å². The van der Waals surface area contributed by atoms with Crippen LogP contribution >= 0.6 is 0 Å². The van der Waals surface area contributed by atoms with Crippen LogP contribution in [0, 0.1) is 34.5 Å². The minimum absolute atomic E-state index is 0.0573. The van der Waals surface area contributed by atoms with Gasteiger partial charge in [-0.25, -0.2) is 0 Å². The van der Waals surface area contributed by atoms with Crippen LogP contribution in [-0.2, 0) is 19.1 Å². The lowest BCUT2D eigenvalue weighted by Crippen LogP contribution is -2.51. The first-order valence-electron chi connectivity index (χ1n) is 15.5. The Kier molecular flexibility index (Phi) is 7.59. The van der Waals surface area contributed by atoms with E-state index in [1.807, 2.05) is 6.92 Å². The Morgan fingerprint density at radius 2 is 1.79 bits per heavy atom. The van der Waals surface area contributed by atoms with E-state index in [1.165, 1.54) is 24.0 Å². The van der Waals surface area contributed by atoms with E-state index in [4.69, 9.17) is 4.74 Å². The topological polar surface area (TPSA) is 63.7 Å². The van der Waals surface area contributed by atoms with E-state index in [2.05, 4.69) is 35.1 Å². The van der Waals surface area contributed by atoms with E-state index >= 15 is 0 Å². The highest BCUT2D eigenvalue weighted by atomic mass is 19.4. The van der Waals surface area contributed by atoms with Gasteiger partial charge in [0, 0.05) is 44.0 Å². The predicted molar refractivity (Wildman–Crippen MR) is 156 cm³/mol. The first-order valence-corrected chi connectivity index (χ1v) is 15.5. The summed E-state index contributed by atoms with van der Waals surface area (Å²) in [5.74, 6) is 2.77. The number of fused-ring (bicyclic) bond motifs is 4. The number of carbonyl (C=O) groups excluding carboxylic acids is 3. The molecule has 2 saturated carbocycles. The molecule has 5 atom stereocenters. The number of esters is 1. The summed E-state index contributed by atoms with van der Waals surface area (Å²) in [5, 5.41) is 0. The maximum atomic E-state index is 13.9. The first-order chi connectivity index (χ1) is 20.4. The molecule has 5 aliphatic rings. The van der Waals surface area contributed by atoms with Gasteiger partial charge >= 0.3 is 12.1 Å². The highest BCUT2D eigenvalue weighted by molar-refractivity contribution is 5.93. The molecule has 0 N–H and O–H groups in total. The van der Waals surface area contributed by atoms with Crippen molar-refractivity contribution in [2.45, 2.75) is 83.7 Å². The van der Waals surface area contributed by atoms with Crippen LogP contribution in [0.2, 0.25) is 0 Å². The van der Waals surface area contributed by atoms with Crippen molar-refractivity contribution in [2.75, 3.05) is 24.6 Å². The average molecular weight is 594 g/mol. The minimum atomic E-state index is -4.76. The summed E-state index contributed by atoms with van der Waals surface area (Å²) in [5.41, 5.74) is 3.39. The molecule has 1 saturated heterocycles. The van der Waals surface area contributed by atoms with Crippen molar-refractivity contribution >= 4 is 23.2 Å². The van der Waals surface area contributed by atoms with Crippen LogP contribution in [0.5, 0.6) is 0 Å². The second-order valence-electron chi connectivity index (χ2n) is 13.2. The summed E-state index contributed by atoms with van der Waals surface area (Å²) >= 11 is 0. The summed E-state index contributed by atoms with van der Waals surface area (Å²) in [6.45, 7) is 4.58. The van der Waals surface area contributed by atoms with Crippen LogP contribution in [0.3, 0.4) is 0 Å². The quantitative estimate of drug-likeness (QED) is 0.276. The van der Waals surface area contributed by atoms with Gasteiger partial charge in [-0.3, -0.25) is 14.4 Å². The number of rotatable bonds is 5. The second-order valence-corrected chi connectivity index (χ2v) is 13.2. The molecule has 5 nitrogen and oxygen atoms in total. The number of halogens is 3. The molecule has 1 aromatic rings. The van der Waals surface area contributed by atoms with Crippen LogP contribution in [0.4, 0.5) is 18.9 Å². The molecule has 3 fully saturated rings. The van der Waals surface area contributed by atoms with Crippen molar-refractivity contribution in [1.82, 2.24) is 0 Å². The maximum Gasteiger partial charge on any atom is 0.457 e. The molecule has 4 aliphatic carbocycles. The molecule has 8 heteroatoms. The Bertz CT molecular complexity index is 1460. The Morgan fingerprint density at radius 1 is 1.07 bits per heavy atom. The molecule has 1 unspecified atom stereocenters. The van der Waals surface area contributed by atoms with Crippen LogP contribution in [0.15, 0.2) is 47.1 Å². The van der Waals surface area contributed by atoms with Crippen LogP contribution in [0.1, 0.15) is 83.1 Å². The molecule has 0 radical (unpaired) electrons. The van der Waals surface area contributed by atoms with Gasteiger partial charge in [0.05, 0.1) is 5.41 Å². The zero-order valence-electron chi connectivity index (χ0n) is 24.8. The highest BCUT2D eigenvalue weighted by Gasteiger charge is 2.65. The van der Waals surface area contributed by atoms with Crippen molar-refractivity contribution in [2.24, 2.45) is 22.7 Å². The monoisotopic (exact) mass is 593 g/mol. The summed E-state index contributed by atoms with van der Waals surface area (Å²) in [7, 11) is 0. The molecule has 0 amide bonds. The Balaban J connectivity index is 1.48. The molecule has 0 aromatic heterocycles. The summed E-state index contributed by atoms with van der Waals surface area (Å²) in [4.78, 5) is 40.2. The third kappa shape index (κ3) is 5.23. The Morgan fingerprint density at radius 3 is 2.47 bits per heavy atom. The molecular formula is C35H38F3NO4. The zero-order valence-corrected chi connectivity index (χ0v) is 24.8. The van der Waals surface area contributed by atoms with Crippen LogP contribution in [0.25, 0.3) is 0 Å². The highest BCUT2D eigenvalue weighted by Crippen LogP contribution is 2.69. The van der Waals surface area contributed by atoms with Crippen LogP contribution < -0.4 is 4.90 Å². The average Bonchev–Trinajstić information content (AvgIpc) is 3.61. The number of hydrogen-bond donors (Lipinski definition) is 0. The first kappa shape index (κ1) is 29.7. The molecule has 6 rings (SSSR count). The molecule has 0 spiro atoms. The number of hydrogen-bond acceptors (Lipinski definition) is 5. The van der Waals surface area contributed by atoms with E-state index in [9.17, 15) is 27.6 Å². The largest absolute Gasteiger partial charge is 0.458 e. The maximum absolute atomic E-state index is 13.9. The number of nitrogens with zero attached hydrogens (tertiary/aromatic N) is 1. The van der Waals surface area contributed by atoms with Gasteiger partial charge in [0.1, 0.15) is 0 Å². The third-order valence-corrected chi connectivity index (χ3v) is 11.0. The third-order valence-electron chi connectivity index (χ3n) is 11.0. The molecule has 228 valence electrons. The van der Waals surface area contributed by atoms with Crippen molar-refractivity contribution < 1.29 is 32.3 Å². The minimum Gasteiger partial charge on any atom is -0.458 e. The lowest BCUT2D eigenvalue weighted by Gasteiger charge is -2.54. The summed E-state index contributed by atoms with van der Waals surface area (Å²) in [6.07, 6.45) is 3.23. The Hall–Kier alpha value is -3.34. The SMILES string of the molecule is CC(=O)OCC(=O)[C@@]1(C#CC(F)(F)F)CC[C@H]2[C@@H]3CCC4=CC(=O)CCC4=C3C(c3ccc(N4CCCC4)cc3)C[C@@]21C. The van der Waals surface area contributed by atoms with Crippen molar-refractivity contribution in [3.05, 3.63) is 52.6 Å². The van der Waals surface area contributed by atoms with Gasteiger partial charge in [-0.05, 0) is 104 Å². The fourth-order valence-corrected chi connectivity index (χ4v) is 9.08. The summed E-state index contributed by atoms with van der Waals surface area (Å²) in [6, 6.07) is 8.54. The van der Waals surface area contributed by atoms with Gasteiger partial charge in [0.15, 0.2) is 18.2 Å². The number of allylic oxidation sites excluding steroid dienone is 4. The number of anilines is 1. The fraction of sp³-hybridized carbons (Fsp3) is 0.571. The lowest BCUT2D eigenvalue weighted by molar-refractivity contribution is -0.150. The fourth-order valence-electron chi connectivity index (χ4n) is 9.08. The van der Waals surface area contributed by atoms with Gasteiger partial charge in [-0.15, -0.1) is 0 Å². The number of benzene rings is 1. The molecular weight excluding hydrogens is 555 g/mol. The van der Waals surface area contributed by atoms with Crippen LogP contribution in [-0.4, -0.2) is 43.4 Å². The molecule has 1 aliphatic heterocycles. The zero-order chi connectivity index (χ0) is 30.6. The number of carbonyl (C=O) groups is 3. The van der Waals surface area contributed by atoms with E-state index in [-0.39, 0.29) is 30.0 Å². The smallest absolute Gasteiger partial charge is 0.457 e. The van der Waals surface area contributed by atoms with Crippen molar-refractivity contribution in [3.63, 3.8) is 0 Å². The van der Waals surface area contributed by atoms with Gasteiger partial charge in [-0.1, -0.05) is 30.6 Å². The predicted octanol–water partition coefficient (Wildman–Crippen LogP) is 6.87. The van der Waals surface area contributed by atoms with Gasteiger partial charge in [-0.2, -0.15) is 13.2 Å². The Labute approximate surface area is 250 Å². The lowest BCUT2D eigenvalue weighted by atomic mass is 9.48. The normalized spacial score (nSPS) is 31.8. The number of ketones is 2. The summed E-state index contributed by atoms with van der Waals surface area (Å²) < 4.78 is 45.8. The van der Waals surface area contributed by atoms with Crippen molar-refractivity contribution in [1.29, 1.82) is 0 Å². The van der Waals surface area contributed by atoms with E-state index in [0.717, 1.165) is 55.6 Å². The molecule has 1 aromatic carbocycles. The number of ether oxygens (including phenoxy) is 1. The second kappa shape index (κ2) is 11.0. The van der Waals surface area contributed by atoms with Crippen molar-refractivity contribution in [3.8, 4) is 11.8 Å². The van der Waals surface area contributed by atoms with E-state index in [0.29, 0.717) is 25.7 Å². The van der Waals surface area contributed by atoms with E-state index in [1.54, 1.807) is 6.08 Å². The standard InChI is InChI=1S/C35H38F3NO4/c1-22(40)43-21-31(42)34(15-16-35(36,37)38)14-13-30-28-11-7-24-19-26(41)10-12-27(24)32(28)29(20-33(30,34)2)23-5-8-25(9-6-23)39-17-3-4-18-39/h5-6,8-9,19,28-30H,3-4,7,10-14,17-18,20-21H2,1-2H3/t28-,29?,30-,33-,34-/m0/s1. The van der Waals surface area contributed by atoms with Gasteiger partial charge < -0.3 is 9.64 Å².